The summed E-state index contributed by atoms with van der Waals surface area (Å²) in [7, 11) is 0. The highest BCUT2D eigenvalue weighted by atomic mass is 14.4. The molecule has 0 heterocycles. The molecular weight excluding hydrogens is 697 g/mol. The molecule has 0 saturated carbocycles. The van der Waals surface area contributed by atoms with Crippen LogP contribution in [0.3, 0.4) is 0 Å². The fraction of sp³-hybridized carbons (Fsp3) is 0.138. The van der Waals surface area contributed by atoms with Crippen LogP contribution in [0.25, 0.3) is 34.4 Å². The average Bonchev–Trinajstić information content (AvgIpc) is 3.63. The molecule has 0 amide bonds. The summed E-state index contributed by atoms with van der Waals surface area (Å²) in [4.78, 5) is 0. The van der Waals surface area contributed by atoms with Crippen LogP contribution >= 0.6 is 0 Å². The van der Waals surface area contributed by atoms with Crippen molar-refractivity contribution in [2.24, 2.45) is 0 Å². The van der Waals surface area contributed by atoms with Crippen molar-refractivity contribution < 1.29 is 0 Å². The summed E-state index contributed by atoms with van der Waals surface area (Å²) >= 11 is 0. The Kier molecular flexibility index (Phi) is 8.76. The summed E-state index contributed by atoms with van der Waals surface area (Å²) in [6, 6.07) is 72.2. The van der Waals surface area contributed by atoms with E-state index in [1.165, 1.54) is 89.0 Å². The molecule has 0 aliphatic heterocycles. The molecule has 0 radical (unpaired) electrons. The molecule has 0 spiro atoms. The maximum atomic E-state index is 2.48. The van der Waals surface area contributed by atoms with Crippen LogP contribution in [0, 0.1) is 0 Å². The molecule has 58 heavy (non-hydrogen) atoms. The predicted molar refractivity (Wildman–Crippen MR) is 245 cm³/mol. The zero-order valence-electron chi connectivity index (χ0n) is 33.8. The minimum Gasteiger partial charge on any atom is -0.0622 e. The number of rotatable bonds is 8. The van der Waals surface area contributed by atoms with Gasteiger partial charge in [0.2, 0.25) is 0 Å². The Labute approximate surface area is 344 Å². The second-order valence-electron chi connectivity index (χ2n) is 17.3. The second kappa shape index (κ2) is 14.2. The van der Waals surface area contributed by atoms with Crippen molar-refractivity contribution in [1.29, 1.82) is 0 Å². The standard InChI is InChI=1S/C58H48/c1-57(2)51-35-39(27-31-47(51)49-33-29-45(37-53(49)57)55(41-17-9-5-10-18-41)42-19-11-6-12-20-42)25-26-40-28-32-48-50-34-30-46(38-54(50)58(3,4)52(48)36-40)56(43-21-13-7-14-22-43)44-23-15-8-16-24-44/h5-38,55-56H,1-4H3/b26-25+. The second-order valence-corrected chi connectivity index (χ2v) is 17.3. The zero-order valence-corrected chi connectivity index (χ0v) is 33.8. The van der Waals surface area contributed by atoms with Gasteiger partial charge in [-0.2, -0.15) is 0 Å². The molecule has 8 aromatic carbocycles. The van der Waals surface area contributed by atoms with Crippen molar-refractivity contribution in [1.82, 2.24) is 0 Å². The third-order valence-electron chi connectivity index (χ3n) is 13.1. The summed E-state index contributed by atoms with van der Waals surface area (Å²) in [5.41, 5.74) is 21.1. The van der Waals surface area contributed by atoms with E-state index in [-0.39, 0.29) is 22.7 Å². The molecule has 0 fully saturated rings. The first-order valence-corrected chi connectivity index (χ1v) is 20.7. The van der Waals surface area contributed by atoms with E-state index in [9.17, 15) is 0 Å². The molecule has 280 valence electrons. The van der Waals surface area contributed by atoms with Gasteiger partial charge in [0.1, 0.15) is 0 Å². The van der Waals surface area contributed by atoms with Crippen molar-refractivity contribution in [3.05, 3.63) is 261 Å². The van der Waals surface area contributed by atoms with Crippen molar-refractivity contribution in [2.75, 3.05) is 0 Å². The van der Waals surface area contributed by atoms with E-state index in [1.807, 2.05) is 0 Å². The van der Waals surface area contributed by atoms with Crippen LogP contribution in [0.5, 0.6) is 0 Å². The minimum atomic E-state index is -0.120. The van der Waals surface area contributed by atoms with Gasteiger partial charge < -0.3 is 0 Å². The molecular formula is C58H48. The molecule has 0 bridgehead atoms. The molecule has 0 N–H and O–H groups in total. The summed E-state index contributed by atoms with van der Waals surface area (Å²) in [5, 5.41) is 0. The van der Waals surface area contributed by atoms with Gasteiger partial charge in [-0.15, -0.1) is 0 Å². The fourth-order valence-corrected chi connectivity index (χ4v) is 10.0. The lowest BCUT2D eigenvalue weighted by Crippen LogP contribution is -2.16. The van der Waals surface area contributed by atoms with E-state index in [0.29, 0.717) is 0 Å². The normalized spacial score (nSPS) is 14.4. The van der Waals surface area contributed by atoms with Crippen LogP contribution in [-0.4, -0.2) is 0 Å². The summed E-state index contributed by atoms with van der Waals surface area (Å²) in [6.45, 7) is 9.57. The molecule has 0 nitrogen and oxygen atoms in total. The molecule has 0 atom stereocenters. The lowest BCUT2D eigenvalue weighted by atomic mass is 9.78. The molecule has 0 saturated heterocycles. The Morgan fingerprint density at radius 1 is 0.293 bits per heavy atom. The third-order valence-corrected chi connectivity index (χ3v) is 13.1. The number of hydrogen-bond acceptors (Lipinski definition) is 0. The molecule has 2 aliphatic carbocycles. The van der Waals surface area contributed by atoms with Gasteiger partial charge in [0.25, 0.3) is 0 Å². The van der Waals surface area contributed by atoms with E-state index < -0.39 is 0 Å². The first kappa shape index (κ1) is 35.9. The first-order chi connectivity index (χ1) is 28.3. The Balaban J connectivity index is 0.942. The highest BCUT2D eigenvalue weighted by molar-refractivity contribution is 5.85. The topological polar surface area (TPSA) is 0 Å². The van der Waals surface area contributed by atoms with Gasteiger partial charge in [0, 0.05) is 22.7 Å². The van der Waals surface area contributed by atoms with Gasteiger partial charge in [-0.1, -0.05) is 234 Å². The summed E-state index contributed by atoms with van der Waals surface area (Å²) in [6.07, 6.45) is 4.59. The van der Waals surface area contributed by atoms with E-state index >= 15 is 0 Å². The van der Waals surface area contributed by atoms with Crippen molar-refractivity contribution >= 4 is 12.2 Å². The van der Waals surface area contributed by atoms with Gasteiger partial charge in [0.05, 0.1) is 0 Å². The number of fused-ring (bicyclic) bond motifs is 6. The largest absolute Gasteiger partial charge is 0.0622 e. The Morgan fingerprint density at radius 3 is 0.879 bits per heavy atom. The number of hydrogen-bond donors (Lipinski definition) is 0. The third kappa shape index (κ3) is 6.07. The van der Waals surface area contributed by atoms with Crippen molar-refractivity contribution in [3.8, 4) is 22.3 Å². The summed E-state index contributed by atoms with van der Waals surface area (Å²) < 4.78 is 0. The van der Waals surface area contributed by atoms with Gasteiger partial charge in [-0.3, -0.25) is 0 Å². The highest BCUT2D eigenvalue weighted by Gasteiger charge is 2.38. The fourth-order valence-electron chi connectivity index (χ4n) is 10.0. The van der Waals surface area contributed by atoms with E-state index in [1.54, 1.807) is 0 Å². The highest BCUT2D eigenvalue weighted by Crippen LogP contribution is 2.52. The molecule has 0 heteroatoms. The lowest BCUT2D eigenvalue weighted by Gasteiger charge is -2.25. The van der Waals surface area contributed by atoms with E-state index in [0.717, 1.165) is 0 Å². The van der Waals surface area contributed by atoms with Gasteiger partial charge in [0.15, 0.2) is 0 Å². The van der Waals surface area contributed by atoms with Crippen LogP contribution in [-0.2, 0) is 10.8 Å². The van der Waals surface area contributed by atoms with E-state index in [4.69, 9.17) is 0 Å². The predicted octanol–water partition coefficient (Wildman–Crippen LogP) is 14.8. The smallest absolute Gasteiger partial charge is 0.0340 e. The lowest BCUT2D eigenvalue weighted by molar-refractivity contribution is 0.658. The van der Waals surface area contributed by atoms with Crippen LogP contribution in [0.15, 0.2) is 194 Å². The Morgan fingerprint density at radius 2 is 0.569 bits per heavy atom. The molecule has 10 rings (SSSR count). The maximum Gasteiger partial charge on any atom is 0.0340 e. The molecule has 8 aromatic rings. The Hall–Kier alpha value is -6.50. The summed E-state index contributed by atoms with van der Waals surface area (Å²) in [5.74, 6) is 0.358. The van der Waals surface area contributed by atoms with Crippen molar-refractivity contribution in [3.63, 3.8) is 0 Å². The minimum absolute atomic E-state index is 0.120. The van der Waals surface area contributed by atoms with Gasteiger partial charge >= 0.3 is 0 Å². The number of benzene rings is 8. The van der Waals surface area contributed by atoms with Crippen LogP contribution in [0.1, 0.15) is 106 Å². The molecule has 0 unspecified atom stereocenters. The van der Waals surface area contributed by atoms with Crippen molar-refractivity contribution in [2.45, 2.75) is 50.4 Å². The zero-order chi connectivity index (χ0) is 39.4. The van der Waals surface area contributed by atoms with Crippen LogP contribution in [0.4, 0.5) is 0 Å². The average molecular weight is 745 g/mol. The van der Waals surface area contributed by atoms with Gasteiger partial charge in [-0.05, 0) is 89.0 Å². The van der Waals surface area contributed by atoms with Crippen LogP contribution < -0.4 is 0 Å². The van der Waals surface area contributed by atoms with Gasteiger partial charge in [-0.25, -0.2) is 0 Å². The SMILES string of the molecule is CC1(C)c2cc(/C=C/c3ccc4c(c3)C(C)(C)c3cc(C(c5ccccc5)c5ccccc5)ccc3-4)ccc2-c2ccc(C(c3ccccc3)c3ccccc3)cc21. The molecule has 0 aromatic heterocycles. The quantitative estimate of drug-likeness (QED) is 0.107. The van der Waals surface area contributed by atoms with Crippen LogP contribution in [0.2, 0.25) is 0 Å². The first-order valence-electron chi connectivity index (χ1n) is 20.7. The van der Waals surface area contributed by atoms with E-state index in [2.05, 4.69) is 234 Å². The Bertz CT molecular complexity index is 2530. The maximum absolute atomic E-state index is 2.48. The monoisotopic (exact) mass is 744 g/mol. The molecule has 2 aliphatic rings.